The molecule has 0 amide bonds. The maximum atomic E-state index is 12.9. The minimum absolute atomic E-state index is 0.305. The monoisotopic (exact) mass is 182 g/mol. The average Bonchev–Trinajstić information content (AvgIpc) is 2.14. The molecule has 0 bridgehead atoms. The highest BCUT2D eigenvalue weighted by atomic mass is 19.1. The third-order valence-electron chi connectivity index (χ3n) is 1.88. The van der Waals surface area contributed by atoms with E-state index in [9.17, 15) is 4.39 Å². The van der Waals surface area contributed by atoms with E-state index < -0.39 is 6.17 Å². The molecule has 0 heterocycles. The minimum Gasteiger partial charge on any atom is -0.247 e. The second kappa shape index (κ2) is 9.00. The van der Waals surface area contributed by atoms with Gasteiger partial charge in [0.05, 0.1) is 12.1 Å². The first-order valence-corrected chi connectivity index (χ1v) is 4.69. The summed E-state index contributed by atoms with van der Waals surface area (Å²) in [7, 11) is 0. The van der Waals surface area contributed by atoms with E-state index in [1.54, 1.807) is 0 Å². The summed E-state index contributed by atoms with van der Waals surface area (Å²) in [6.07, 6.45) is 3.54. The van der Waals surface area contributed by atoms with Gasteiger partial charge in [0.15, 0.2) is 0 Å². The molecule has 0 aromatic carbocycles. The van der Waals surface area contributed by atoms with Gasteiger partial charge in [-0.1, -0.05) is 12.8 Å². The highest BCUT2D eigenvalue weighted by Gasteiger charge is 2.04. The predicted molar refractivity (Wildman–Crippen MR) is 48.4 cm³/mol. The summed E-state index contributed by atoms with van der Waals surface area (Å²) in [4.78, 5) is 0. The largest absolute Gasteiger partial charge is 0.247 e. The summed E-state index contributed by atoms with van der Waals surface area (Å²) in [5.74, 6) is 0. The van der Waals surface area contributed by atoms with Crippen molar-refractivity contribution in [3.8, 4) is 12.1 Å². The van der Waals surface area contributed by atoms with E-state index in [0.717, 1.165) is 19.3 Å². The van der Waals surface area contributed by atoms with Gasteiger partial charge < -0.3 is 0 Å². The van der Waals surface area contributed by atoms with Crippen LogP contribution in [0.15, 0.2) is 0 Å². The Labute approximate surface area is 79.0 Å². The van der Waals surface area contributed by atoms with Crippen LogP contribution in [0.3, 0.4) is 0 Å². The summed E-state index contributed by atoms with van der Waals surface area (Å²) in [6, 6.07) is 3.98. The second-order valence-electron chi connectivity index (χ2n) is 3.05. The van der Waals surface area contributed by atoms with Gasteiger partial charge in [0.25, 0.3) is 0 Å². The number of nitriles is 2. The Morgan fingerprint density at radius 3 is 2.23 bits per heavy atom. The minimum atomic E-state index is -0.832. The smallest absolute Gasteiger partial charge is 0.101 e. The zero-order chi connectivity index (χ0) is 9.94. The van der Waals surface area contributed by atoms with Crippen molar-refractivity contribution in [2.24, 2.45) is 0 Å². The van der Waals surface area contributed by atoms with Crippen molar-refractivity contribution in [3.05, 3.63) is 0 Å². The number of alkyl halides is 1. The number of hydrogen-bond donors (Lipinski definition) is 0. The molecule has 0 rings (SSSR count). The van der Waals surface area contributed by atoms with Crippen molar-refractivity contribution >= 4 is 0 Å². The molecule has 72 valence electrons. The fourth-order valence-electron chi connectivity index (χ4n) is 1.11. The molecule has 13 heavy (non-hydrogen) atoms. The number of nitrogens with zero attached hydrogens (tertiary/aromatic N) is 2. The van der Waals surface area contributed by atoms with Crippen LogP contribution in [0.4, 0.5) is 4.39 Å². The number of rotatable bonds is 7. The van der Waals surface area contributed by atoms with E-state index >= 15 is 0 Å². The summed E-state index contributed by atoms with van der Waals surface area (Å²) in [6.45, 7) is 0. The molecule has 0 aliphatic carbocycles. The molecule has 2 nitrogen and oxygen atoms in total. The molecule has 0 saturated carbocycles. The first-order chi connectivity index (χ1) is 6.31. The predicted octanol–water partition coefficient (Wildman–Crippen LogP) is 3.10. The van der Waals surface area contributed by atoms with Gasteiger partial charge in [0.2, 0.25) is 0 Å². The molecule has 0 saturated heterocycles. The lowest BCUT2D eigenvalue weighted by molar-refractivity contribution is 0.290. The highest BCUT2D eigenvalue weighted by Crippen LogP contribution is 2.11. The Balaban J connectivity index is 3.14. The number of unbranched alkanes of at least 4 members (excludes halogenated alkanes) is 3. The molecule has 0 N–H and O–H groups in total. The van der Waals surface area contributed by atoms with E-state index in [1.165, 1.54) is 0 Å². The Hall–Kier alpha value is -1.09. The van der Waals surface area contributed by atoms with Crippen LogP contribution in [0.2, 0.25) is 0 Å². The SMILES string of the molecule is N#CCCCCCC(F)CCC#N. The molecule has 0 aliphatic heterocycles. The van der Waals surface area contributed by atoms with Crippen LogP contribution in [0, 0.1) is 22.7 Å². The topological polar surface area (TPSA) is 47.6 Å². The zero-order valence-corrected chi connectivity index (χ0v) is 7.80. The van der Waals surface area contributed by atoms with E-state index in [-0.39, 0.29) is 0 Å². The maximum Gasteiger partial charge on any atom is 0.101 e. The molecule has 0 spiro atoms. The van der Waals surface area contributed by atoms with Gasteiger partial charge in [-0.3, -0.25) is 0 Å². The Bertz CT molecular complexity index is 190. The van der Waals surface area contributed by atoms with Crippen LogP contribution in [0.5, 0.6) is 0 Å². The first-order valence-electron chi connectivity index (χ1n) is 4.69. The van der Waals surface area contributed by atoms with Gasteiger partial charge in [-0.15, -0.1) is 0 Å². The van der Waals surface area contributed by atoms with Crippen molar-refractivity contribution in [1.29, 1.82) is 10.5 Å². The number of halogens is 1. The van der Waals surface area contributed by atoms with Gasteiger partial charge in [-0.2, -0.15) is 10.5 Å². The standard InChI is InChI=1S/C10H15FN2/c11-10(7-5-9-13)6-3-1-2-4-8-12/h10H,1-7H2. The Morgan fingerprint density at radius 1 is 0.923 bits per heavy atom. The molecule has 1 unspecified atom stereocenters. The van der Waals surface area contributed by atoms with Gasteiger partial charge in [-0.25, -0.2) is 4.39 Å². The third-order valence-corrected chi connectivity index (χ3v) is 1.88. The first kappa shape index (κ1) is 11.9. The molecule has 0 aromatic rings. The van der Waals surface area contributed by atoms with Gasteiger partial charge in [-0.05, 0) is 19.3 Å². The van der Waals surface area contributed by atoms with Crippen LogP contribution in [-0.4, -0.2) is 6.17 Å². The molecule has 0 aliphatic rings. The lowest BCUT2D eigenvalue weighted by Crippen LogP contribution is -1.98. The highest BCUT2D eigenvalue weighted by molar-refractivity contribution is 4.72. The maximum absolute atomic E-state index is 12.9. The molecule has 0 fully saturated rings. The molecule has 0 radical (unpaired) electrons. The molecular weight excluding hydrogens is 167 g/mol. The average molecular weight is 182 g/mol. The van der Waals surface area contributed by atoms with Gasteiger partial charge in [0, 0.05) is 12.8 Å². The van der Waals surface area contributed by atoms with Crippen LogP contribution < -0.4 is 0 Å². The van der Waals surface area contributed by atoms with E-state index in [1.807, 2.05) is 6.07 Å². The zero-order valence-electron chi connectivity index (χ0n) is 7.80. The third kappa shape index (κ3) is 8.82. The lowest BCUT2D eigenvalue weighted by atomic mass is 10.1. The van der Waals surface area contributed by atoms with Crippen molar-refractivity contribution in [1.82, 2.24) is 0 Å². The van der Waals surface area contributed by atoms with E-state index in [0.29, 0.717) is 25.7 Å². The molecular formula is C10H15FN2. The molecule has 0 aromatic heterocycles. The Morgan fingerprint density at radius 2 is 1.62 bits per heavy atom. The van der Waals surface area contributed by atoms with Crippen molar-refractivity contribution in [2.45, 2.75) is 51.1 Å². The van der Waals surface area contributed by atoms with Crippen molar-refractivity contribution < 1.29 is 4.39 Å². The summed E-state index contributed by atoms with van der Waals surface area (Å²) in [5, 5.41) is 16.4. The fraction of sp³-hybridized carbons (Fsp3) is 0.800. The fourth-order valence-corrected chi connectivity index (χ4v) is 1.11. The quantitative estimate of drug-likeness (QED) is 0.568. The van der Waals surface area contributed by atoms with Crippen LogP contribution >= 0.6 is 0 Å². The lowest BCUT2D eigenvalue weighted by Gasteiger charge is -2.04. The van der Waals surface area contributed by atoms with Crippen LogP contribution in [-0.2, 0) is 0 Å². The van der Waals surface area contributed by atoms with Crippen LogP contribution in [0.1, 0.15) is 44.9 Å². The normalized spacial score (nSPS) is 11.6. The van der Waals surface area contributed by atoms with Crippen molar-refractivity contribution in [3.63, 3.8) is 0 Å². The van der Waals surface area contributed by atoms with Crippen molar-refractivity contribution in [2.75, 3.05) is 0 Å². The molecule has 1 atom stereocenters. The molecule has 3 heteroatoms. The summed E-state index contributed by atoms with van der Waals surface area (Å²) in [5.41, 5.74) is 0. The summed E-state index contributed by atoms with van der Waals surface area (Å²) >= 11 is 0. The Kier molecular flexibility index (Phi) is 8.25. The van der Waals surface area contributed by atoms with Crippen LogP contribution in [0.25, 0.3) is 0 Å². The number of hydrogen-bond acceptors (Lipinski definition) is 2. The van der Waals surface area contributed by atoms with Gasteiger partial charge in [0.1, 0.15) is 6.17 Å². The summed E-state index contributed by atoms with van der Waals surface area (Å²) < 4.78 is 12.9. The van der Waals surface area contributed by atoms with Gasteiger partial charge >= 0.3 is 0 Å². The second-order valence-corrected chi connectivity index (χ2v) is 3.05. The van der Waals surface area contributed by atoms with E-state index in [2.05, 4.69) is 6.07 Å². The van der Waals surface area contributed by atoms with E-state index in [4.69, 9.17) is 10.5 Å².